The Hall–Kier alpha value is -0.510. The summed E-state index contributed by atoms with van der Waals surface area (Å²) < 4.78 is 5.48. The number of hydrogen-bond acceptors (Lipinski definition) is 4. The Morgan fingerprint density at radius 3 is 2.52 bits per heavy atom. The molecular formula is C22H37IN4OS. The summed E-state index contributed by atoms with van der Waals surface area (Å²) in [6.45, 7) is 5.09. The highest BCUT2D eigenvalue weighted by Crippen LogP contribution is 2.44. The molecule has 1 aromatic rings. The van der Waals surface area contributed by atoms with Gasteiger partial charge in [-0.15, -0.1) is 35.7 Å². The number of rotatable bonds is 8. The summed E-state index contributed by atoms with van der Waals surface area (Å²) >= 11 is 2.04. The first-order chi connectivity index (χ1) is 13.7. The third kappa shape index (κ3) is 7.92. The molecule has 7 heteroatoms. The van der Waals surface area contributed by atoms with Crippen LogP contribution >= 0.6 is 35.7 Å². The first-order valence-corrected chi connectivity index (χ1v) is 11.5. The van der Waals surface area contributed by atoms with Crippen molar-refractivity contribution in [2.24, 2.45) is 4.99 Å². The van der Waals surface area contributed by atoms with E-state index in [2.05, 4.69) is 50.9 Å². The second kappa shape index (κ2) is 13.0. The van der Waals surface area contributed by atoms with Gasteiger partial charge in [-0.2, -0.15) is 0 Å². The summed E-state index contributed by atoms with van der Waals surface area (Å²) in [5, 5.41) is 7.31. The Bertz CT molecular complexity index is 602. The number of guanidine groups is 1. The van der Waals surface area contributed by atoms with Gasteiger partial charge >= 0.3 is 0 Å². The van der Waals surface area contributed by atoms with Crippen molar-refractivity contribution >= 4 is 41.7 Å². The lowest BCUT2D eigenvalue weighted by molar-refractivity contribution is 0.128. The lowest BCUT2D eigenvalue weighted by atomic mass is 10.1. The van der Waals surface area contributed by atoms with Gasteiger partial charge in [-0.05, 0) is 37.8 Å². The number of nitrogens with one attached hydrogen (secondary N) is 2. The molecule has 29 heavy (non-hydrogen) atoms. The van der Waals surface area contributed by atoms with E-state index >= 15 is 0 Å². The molecule has 1 saturated carbocycles. The lowest BCUT2D eigenvalue weighted by Crippen LogP contribution is -2.51. The minimum atomic E-state index is 0. The van der Waals surface area contributed by atoms with Crippen LogP contribution in [0.3, 0.4) is 0 Å². The zero-order valence-corrected chi connectivity index (χ0v) is 21.0. The number of ether oxygens (including phenoxy) is 1. The molecular weight excluding hydrogens is 495 g/mol. The maximum atomic E-state index is 5.20. The highest BCUT2D eigenvalue weighted by atomic mass is 127. The van der Waals surface area contributed by atoms with E-state index in [9.17, 15) is 0 Å². The zero-order chi connectivity index (χ0) is 19.7. The molecule has 1 aliphatic carbocycles. The van der Waals surface area contributed by atoms with Gasteiger partial charge in [0.25, 0.3) is 0 Å². The number of thioether (sulfide) groups is 1. The third-order valence-electron chi connectivity index (χ3n) is 5.93. The SMILES string of the molecule is CN=C(NCC1(Sc2ccccc2)CCCC1)NC1CCN(CCOC)CC1.I. The van der Waals surface area contributed by atoms with E-state index in [1.54, 1.807) is 7.11 Å². The molecule has 2 aliphatic rings. The Kier molecular flexibility index (Phi) is 11.1. The minimum absolute atomic E-state index is 0. The molecule has 3 rings (SSSR count). The van der Waals surface area contributed by atoms with Crippen LogP contribution in [0.5, 0.6) is 0 Å². The average Bonchev–Trinajstić information content (AvgIpc) is 3.19. The fourth-order valence-electron chi connectivity index (χ4n) is 4.23. The van der Waals surface area contributed by atoms with E-state index in [0.717, 1.165) is 51.6 Å². The van der Waals surface area contributed by atoms with Crippen molar-refractivity contribution in [1.29, 1.82) is 0 Å². The molecule has 2 fully saturated rings. The van der Waals surface area contributed by atoms with Gasteiger partial charge in [0.2, 0.25) is 0 Å². The first kappa shape index (κ1) is 24.8. The molecule has 0 unspecified atom stereocenters. The molecule has 0 atom stereocenters. The van der Waals surface area contributed by atoms with Gasteiger partial charge < -0.3 is 20.3 Å². The van der Waals surface area contributed by atoms with Crippen molar-refractivity contribution in [3.8, 4) is 0 Å². The fourth-order valence-corrected chi connectivity index (χ4v) is 5.66. The van der Waals surface area contributed by atoms with Gasteiger partial charge in [-0.1, -0.05) is 31.0 Å². The Balaban J connectivity index is 0.00000300. The normalized spacial score (nSPS) is 20.3. The van der Waals surface area contributed by atoms with E-state index in [0.29, 0.717) is 6.04 Å². The Labute approximate surface area is 197 Å². The zero-order valence-electron chi connectivity index (χ0n) is 17.9. The first-order valence-electron chi connectivity index (χ1n) is 10.7. The molecule has 0 spiro atoms. The summed E-state index contributed by atoms with van der Waals surface area (Å²) in [5.74, 6) is 0.954. The minimum Gasteiger partial charge on any atom is -0.383 e. The van der Waals surface area contributed by atoms with Crippen LogP contribution in [0, 0.1) is 0 Å². The smallest absolute Gasteiger partial charge is 0.191 e. The summed E-state index contributed by atoms with van der Waals surface area (Å²) in [7, 11) is 3.66. The summed E-state index contributed by atoms with van der Waals surface area (Å²) in [6, 6.07) is 11.3. The van der Waals surface area contributed by atoms with Gasteiger partial charge in [0.15, 0.2) is 5.96 Å². The fraction of sp³-hybridized carbons (Fsp3) is 0.682. The van der Waals surface area contributed by atoms with Gasteiger partial charge in [-0.25, -0.2) is 0 Å². The maximum absolute atomic E-state index is 5.20. The van der Waals surface area contributed by atoms with E-state index < -0.39 is 0 Å². The van der Waals surface area contributed by atoms with E-state index in [-0.39, 0.29) is 28.7 Å². The van der Waals surface area contributed by atoms with Gasteiger partial charge in [0.1, 0.15) is 0 Å². The molecule has 0 aromatic heterocycles. The Morgan fingerprint density at radius 1 is 1.21 bits per heavy atom. The van der Waals surface area contributed by atoms with Gasteiger partial charge in [-0.3, -0.25) is 4.99 Å². The number of likely N-dealkylation sites (tertiary alicyclic amines) is 1. The number of methoxy groups -OCH3 is 1. The maximum Gasteiger partial charge on any atom is 0.191 e. The van der Waals surface area contributed by atoms with Crippen LogP contribution in [0.15, 0.2) is 40.2 Å². The van der Waals surface area contributed by atoms with Crippen molar-refractivity contribution in [3.05, 3.63) is 30.3 Å². The number of aliphatic imine (C=N–C) groups is 1. The summed E-state index contributed by atoms with van der Waals surface area (Å²) in [5.41, 5.74) is 0. The predicted molar refractivity (Wildman–Crippen MR) is 135 cm³/mol. The van der Waals surface area contributed by atoms with Crippen molar-refractivity contribution in [1.82, 2.24) is 15.5 Å². The molecule has 0 radical (unpaired) electrons. The number of benzene rings is 1. The summed E-state index contributed by atoms with van der Waals surface area (Å²) in [4.78, 5) is 8.36. The second-order valence-corrected chi connectivity index (χ2v) is 9.53. The van der Waals surface area contributed by atoms with E-state index in [1.807, 2.05) is 18.8 Å². The van der Waals surface area contributed by atoms with Crippen molar-refractivity contribution in [2.45, 2.75) is 54.2 Å². The highest BCUT2D eigenvalue weighted by molar-refractivity contribution is 14.0. The highest BCUT2D eigenvalue weighted by Gasteiger charge is 2.35. The molecule has 1 aliphatic heterocycles. The van der Waals surface area contributed by atoms with E-state index in [4.69, 9.17) is 4.74 Å². The molecule has 1 saturated heterocycles. The molecule has 5 nitrogen and oxygen atoms in total. The van der Waals surface area contributed by atoms with Crippen LogP contribution in [-0.2, 0) is 4.74 Å². The van der Waals surface area contributed by atoms with Crippen LogP contribution in [-0.4, -0.2) is 68.6 Å². The standard InChI is InChI=1S/C22H36N4OS.HI/c1-23-21(25-19-10-14-26(15-11-19)16-17-27-2)24-18-22(12-6-7-13-22)28-20-8-4-3-5-9-20;/h3-5,8-9,19H,6-7,10-18H2,1-2H3,(H2,23,24,25);1H. The number of hydrogen-bond donors (Lipinski definition) is 2. The average molecular weight is 533 g/mol. The van der Waals surface area contributed by atoms with Gasteiger partial charge in [0.05, 0.1) is 6.61 Å². The van der Waals surface area contributed by atoms with Crippen molar-refractivity contribution in [2.75, 3.05) is 46.9 Å². The van der Waals surface area contributed by atoms with Crippen LogP contribution in [0.4, 0.5) is 0 Å². The topological polar surface area (TPSA) is 48.9 Å². The quantitative estimate of drug-likeness (QED) is 0.302. The predicted octanol–water partition coefficient (Wildman–Crippen LogP) is 3.99. The molecule has 1 aromatic carbocycles. The van der Waals surface area contributed by atoms with Crippen LogP contribution in [0.2, 0.25) is 0 Å². The van der Waals surface area contributed by atoms with Crippen LogP contribution in [0.1, 0.15) is 38.5 Å². The molecule has 164 valence electrons. The molecule has 1 heterocycles. The monoisotopic (exact) mass is 532 g/mol. The van der Waals surface area contributed by atoms with E-state index in [1.165, 1.54) is 30.6 Å². The molecule has 0 bridgehead atoms. The molecule has 2 N–H and O–H groups in total. The summed E-state index contributed by atoms with van der Waals surface area (Å²) in [6.07, 6.45) is 7.52. The lowest BCUT2D eigenvalue weighted by Gasteiger charge is -2.34. The number of halogens is 1. The number of nitrogens with zero attached hydrogens (tertiary/aromatic N) is 2. The molecule has 0 amide bonds. The van der Waals surface area contributed by atoms with Crippen molar-refractivity contribution < 1.29 is 4.74 Å². The van der Waals surface area contributed by atoms with Crippen molar-refractivity contribution in [3.63, 3.8) is 0 Å². The number of piperidine rings is 1. The van der Waals surface area contributed by atoms with Crippen LogP contribution < -0.4 is 10.6 Å². The second-order valence-electron chi connectivity index (χ2n) is 7.98. The third-order valence-corrected chi connectivity index (χ3v) is 7.43. The van der Waals surface area contributed by atoms with Gasteiger partial charge in [0, 0.05) is 56.0 Å². The largest absolute Gasteiger partial charge is 0.383 e. The van der Waals surface area contributed by atoms with Crippen LogP contribution in [0.25, 0.3) is 0 Å². The Morgan fingerprint density at radius 2 is 1.90 bits per heavy atom.